The van der Waals surface area contributed by atoms with Gasteiger partial charge in [0.05, 0.1) is 24.1 Å². The molecule has 1 heterocycles. The average molecular weight is 413 g/mol. The molecule has 0 radical (unpaired) electrons. The summed E-state index contributed by atoms with van der Waals surface area (Å²) in [6.45, 7) is 0. The van der Waals surface area contributed by atoms with Crippen molar-refractivity contribution < 1.29 is 22.7 Å². The van der Waals surface area contributed by atoms with E-state index in [1.54, 1.807) is 31.4 Å². The van der Waals surface area contributed by atoms with E-state index in [1.807, 2.05) is 17.5 Å². The number of allylic oxidation sites excluding steroid dienone is 2. The zero-order chi connectivity index (χ0) is 20.6. The number of nitrogens with zero attached hydrogens (tertiary/aromatic N) is 1. The lowest BCUT2D eigenvalue weighted by atomic mass is 10.0. The number of halogens is 3. The summed E-state index contributed by atoms with van der Waals surface area (Å²) in [5.41, 5.74) is 1.77. The van der Waals surface area contributed by atoms with E-state index in [4.69, 9.17) is 4.74 Å². The number of fused-ring (bicyclic) bond motifs is 1. The number of aliphatic imine (C=N–C) groups is 1. The van der Waals surface area contributed by atoms with Crippen molar-refractivity contribution in [2.24, 2.45) is 4.99 Å². The molecule has 2 aromatic carbocycles. The van der Waals surface area contributed by atoms with Crippen LogP contribution in [0.15, 0.2) is 65.0 Å². The molecule has 3 nitrogen and oxygen atoms in total. The predicted octanol–water partition coefficient (Wildman–Crippen LogP) is 6.02. The van der Waals surface area contributed by atoms with Crippen molar-refractivity contribution in [2.75, 3.05) is 7.11 Å². The first-order valence-electron chi connectivity index (χ1n) is 8.61. The maximum atomic E-state index is 13.2. The summed E-state index contributed by atoms with van der Waals surface area (Å²) in [6.07, 6.45) is -3.90. The van der Waals surface area contributed by atoms with Crippen LogP contribution >= 0.6 is 11.3 Å². The van der Waals surface area contributed by atoms with E-state index in [2.05, 4.69) is 4.99 Å². The first kappa shape index (κ1) is 19.1. The van der Waals surface area contributed by atoms with Gasteiger partial charge in [0.15, 0.2) is 6.29 Å². The van der Waals surface area contributed by atoms with Crippen LogP contribution in [-0.2, 0) is 11.0 Å². The fourth-order valence-electron chi connectivity index (χ4n) is 3.24. The highest BCUT2D eigenvalue weighted by molar-refractivity contribution is 7.11. The number of alkyl halides is 3. The van der Waals surface area contributed by atoms with E-state index in [1.165, 1.54) is 17.4 Å². The summed E-state index contributed by atoms with van der Waals surface area (Å²) in [6, 6.07) is 14.1. The van der Waals surface area contributed by atoms with Gasteiger partial charge in [0.25, 0.3) is 0 Å². The van der Waals surface area contributed by atoms with Crippen LogP contribution < -0.4 is 4.74 Å². The van der Waals surface area contributed by atoms with Crippen molar-refractivity contribution >= 4 is 40.2 Å². The zero-order valence-corrected chi connectivity index (χ0v) is 16.0. The van der Waals surface area contributed by atoms with E-state index >= 15 is 0 Å². The Bertz CT molecular complexity index is 1130. The minimum atomic E-state index is -4.50. The molecule has 0 amide bonds. The number of rotatable bonds is 4. The molecule has 4 rings (SSSR count). The molecule has 29 heavy (non-hydrogen) atoms. The molecule has 0 N–H and O–H groups in total. The maximum Gasteiger partial charge on any atom is 0.416 e. The number of ether oxygens (including phenoxy) is 1. The largest absolute Gasteiger partial charge is 0.497 e. The molecule has 3 aromatic rings. The number of aldehydes is 1. The smallest absolute Gasteiger partial charge is 0.416 e. The van der Waals surface area contributed by atoms with Crippen LogP contribution in [0.4, 0.5) is 18.9 Å². The van der Waals surface area contributed by atoms with Gasteiger partial charge in [-0.2, -0.15) is 13.2 Å². The van der Waals surface area contributed by atoms with E-state index in [-0.39, 0.29) is 11.1 Å². The monoisotopic (exact) mass is 413 g/mol. The highest BCUT2D eigenvalue weighted by atomic mass is 32.1. The minimum absolute atomic E-state index is 0.209. The summed E-state index contributed by atoms with van der Waals surface area (Å²) in [5, 5.41) is 1.85. The molecule has 1 aliphatic rings. The fraction of sp³-hybridized carbons (Fsp3) is 0.0909. The van der Waals surface area contributed by atoms with Crippen LogP contribution in [0.5, 0.6) is 5.75 Å². The highest BCUT2D eigenvalue weighted by Crippen LogP contribution is 2.42. The lowest BCUT2D eigenvalue weighted by molar-refractivity contribution is -0.137. The van der Waals surface area contributed by atoms with Gasteiger partial charge in [-0.15, -0.1) is 11.3 Å². The Labute approximate surface area is 168 Å². The van der Waals surface area contributed by atoms with Gasteiger partial charge in [-0.05, 0) is 53.4 Å². The fourth-order valence-corrected chi connectivity index (χ4v) is 4.03. The zero-order valence-electron chi connectivity index (χ0n) is 15.2. The van der Waals surface area contributed by atoms with Crippen molar-refractivity contribution in [3.8, 4) is 5.75 Å². The van der Waals surface area contributed by atoms with E-state index in [0.717, 1.165) is 17.0 Å². The van der Waals surface area contributed by atoms with Gasteiger partial charge in [-0.3, -0.25) is 4.79 Å². The molecular weight excluding hydrogens is 399 g/mol. The van der Waals surface area contributed by atoms with Crippen LogP contribution in [-0.4, -0.2) is 19.1 Å². The molecule has 0 bridgehead atoms. The predicted molar refractivity (Wildman–Crippen MR) is 108 cm³/mol. The second kappa shape index (κ2) is 7.33. The van der Waals surface area contributed by atoms with Crippen molar-refractivity contribution in [1.82, 2.24) is 0 Å². The summed E-state index contributed by atoms with van der Waals surface area (Å²) < 4.78 is 44.8. The minimum Gasteiger partial charge on any atom is -0.497 e. The Morgan fingerprint density at radius 2 is 1.79 bits per heavy atom. The first-order chi connectivity index (χ1) is 13.9. The van der Waals surface area contributed by atoms with Crippen LogP contribution in [0.1, 0.15) is 21.6 Å². The van der Waals surface area contributed by atoms with Crippen LogP contribution in [0, 0.1) is 0 Å². The third kappa shape index (κ3) is 3.49. The standard InChI is InChI=1S/C22H14F3NO2S/c1-28-15-7-5-14(6-8-15)26-21-16-9-4-13(22(23,24)25)11-17(16)18(12-27)20(21)19-3-2-10-29-19/h2-12H,1H3/b26-21+. The van der Waals surface area contributed by atoms with Gasteiger partial charge in [0, 0.05) is 21.6 Å². The van der Waals surface area contributed by atoms with Crippen molar-refractivity contribution in [3.63, 3.8) is 0 Å². The first-order valence-corrected chi connectivity index (χ1v) is 9.49. The average Bonchev–Trinajstić information content (AvgIpc) is 3.33. The van der Waals surface area contributed by atoms with Crippen LogP contribution in [0.25, 0.3) is 11.1 Å². The Kier molecular flexibility index (Phi) is 4.84. The number of carbonyl (C=O) groups excluding carboxylic acids is 1. The van der Waals surface area contributed by atoms with Crippen molar-refractivity contribution in [2.45, 2.75) is 6.18 Å². The molecule has 0 unspecified atom stereocenters. The molecule has 0 fully saturated rings. The molecule has 0 saturated heterocycles. The molecule has 0 spiro atoms. The molecule has 0 saturated carbocycles. The normalized spacial score (nSPS) is 15.0. The topological polar surface area (TPSA) is 38.7 Å². The number of methoxy groups -OCH3 is 1. The SMILES string of the molecule is COc1ccc(/N=C2/C(c3cccs3)=C(C=O)c3cc(C(F)(F)F)ccc32)cc1. The molecule has 0 atom stereocenters. The lowest BCUT2D eigenvalue weighted by Gasteiger charge is -2.09. The molecule has 1 aliphatic carbocycles. The van der Waals surface area contributed by atoms with Gasteiger partial charge in [-0.25, -0.2) is 4.99 Å². The van der Waals surface area contributed by atoms with Gasteiger partial charge >= 0.3 is 6.18 Å². The third-order valence-electron chi connectivity index (χ3n) is 4.60. The Morgan fingerprint density at radius 3 is 2.38 bits per heavy atom. The molecular formula is C22H14F3NO2S. The van der Waals surface area contributed by atoms with E-state index in [0.29, 0.717) is 34.6 Å². The van der Waals surface area contributed by atoms with Gasteiger partial charge in [-0.1, -0.05) is 12.1 Å². The van der Waals surface area contributed by atoms with Gasteiger partial charge in [0.2, 0.25) is 0 Å². The molecule has 0 aliphatic heterocycles. The summed E-state index contributed by atoms with van der Waals surface area (Å²) in [7, 11) is 1.56. The Balaban J connectivity index is 1.95. The van der Waals surface area contributed by atoms with Gasteiger partial charge < -0.3 is 4.74 Å². The molecule has 1 aromatic heterocycles. The van der Waals surface area contributed by atoms with Crippen molar-refractivity contribution in [3.05, 3.63) is 81.5 Å². The number of benzene rings is 2. The number of carbonyl (C=O) groups is 1. The molecule has 146 valence electrons. The summed E-state index contributed by atoms with van der Waals surface area (Å²) in [4.78, 5) is 17.4. The maximum absolute atomic E-state index is 13.2. The van der Waals surface area contributed by atoms with E-state index in [9.17, 15) is 18.0 Å². The number of thiophene rings is 1. The second-order valence-electron chi connectivity index (χ2n) is 6.30. The Morgan fingerprint density at radius 1 is 1.03 bits per heavy atom. The Hall–Kier alpha value is -3.19. The third-order valence-corrected chi connectivity index (χ3v) is 5.48. The quantitative estimate of drug-likeness (QED) is 0.491. The second-order valence-corrected chi connectivity index (χ2v) is 7.25. The van der Waals surface area contributed by atoms with Crippen molar-refractivity contribution in [1.29, 1.82) is 0 Å². The van der Waals surface area contributed by atoms with Crippen LogP contribution in [0.2, 0.25) is 0 Å². The highest BCUT2D eigenvalue weighted by Gasteiger charge is 2.35. The number of hydrogen-bond acceptors (Lipinski definition) is 4. The molecule has 7 heteroatoms. The lowest BCUT2D eigenvalue weighted by Crippen LogP contribution is -2.06. The number of hydrogen-bond donors (Lipinski definition) is 0. The van der Waals surface area contributed by atoms with Crippen LogP contribution in [0.3, 0.4) is 0 Å². The van der Waals surface area contributed by atoms with Gasteiger partial charge in [0.1, 0.15) is 5.75 Å². The summed E-state index contributed by atoms with van der Waals surface area (Å²) in [5.74, 6) is 0.665. The van der Waals surface area contributed by atoms with E-state index < -0.39 is 11.7 Å². The summed E-state index contributed by atoms with van der Waals surface area (Å²) >= 11 is 1.40.